The molecule has 18 heteroatoms. The van der Waals surface area contributed by atoms with Gasteiger partial charge < -0.3 is 10.8 Å². The van der Waals surface area contributed by atoms with Gasteiger partial charge in [0.25, 0.3) is 30.4 Å². The topological polar surface area (TPSA) is 259 Å². The second-order valence-corrected chi connectivity index (χ2v) is 14.6. The monoisotopic (exact) mass is 707 g/mol. The number of nitrogens with zero attached hydrogens (tertiary/aromatic N) is 4. The number of anilines is 1. The minimum Gasteiger partial charge on any atom is -0.506 e. The van der Waals surface area contributed by atoms with E-state index in [0.717, 1.165) is 30.3 Å². The fourth-order valence-electron chi connectivity index (χ4n) is 4.99. The highest BCUT2D eigenvalue weighted by Gasteiger charge is 2.20. The van der Waals surface area contributed by atoms with Crippen LogP contribution < -0.4 is 5.73 Å². The molecule has 0 atom stereocenters. The fourth-order valence-corrected chi connectivity index (χ4v) is 6.65. The number of azo groups is 2. The lowest BCUT2D eigenvalue weighted by Gasteiger charge is -2.09. The first-order chi connectivity index (χ1) is 22.5. The van der Waals surface area contributed by atoms with Crippen LogP contribution >= 0.6 is 0 Å². The van der Waals surface area contributed by atoms with E-state index >= 15 is 0 Å². The summed E-state index contributed by atoms with van der Waals surface area (Å²) < 4.78 is 101. The van der Waals surface area contributed by atoms with Gasteiger partial charge in [0, 0.05) is 27.2 Å². The summed E-state index contributed by atoms with van der Waals surface area (Å²) in [6.45, 7) is 0. The molecule has 0 saturated heterocycles. The highest BCUT2D eigenvalue weighted by molar-refractivity contribution is 7.86. The van der Waals surface area contributed by atoms with Crippen molar-refractivity contribution >= 4 is 91.1 Å². The van der Waals surface area contributed by atoms with Gasteiger partial charge in [-0.05, 0) is 77.5 Å². The first-order valence-corrected chi connectivity index (χ1v) is 17.7. The molecule has 0 unspecified atom stereocenters. The number of aromatic hydroxyl groups is 1. The molecule has 0 aliphatic carbocycles. The quantitative estimate of drug-likeness (QED) is 0.0640. The highest BCUT2D eigenvalue weighted by atomic mass is 32.2. The minimum absolute atomic E-state index is 0.0505. The molecule has 0 aliphatic rings. The lowest BCUT2D eigenvalue weighted by atomic mass is 10.1. The van der Waals surface area contributed by atoms with Crippen LogP contribution in [0.5, 0.6) is 5.75 Å². The zero-order valence-corrected chi connectivity index (χ0v) is 26.4. The van der Waals surface area contributed by atoms with Gasteiger partial charge in [-0.3, -0.25) is 13.7 Å². The number of hydrogen-bond donors (Lipinski definition) is 5. The molecule has 6 N–H and O–H groups in total. The second-order valence-electron chi connectivity index (χ2n) is 10.3. The van der Waals surface area contributed by atoms with Crippen LogP contribution in [0, 0.1) is 0 Å². The Morgan fingerprint density at radius 1 is 0.500 bits per heavy atom. The molecule has 15 nitrogen and oxygen atoms in total. The number of fused-ring (bicyclic) bond motifs is 3. The summed E-state index contributed by atoms with van der Waals surface area (Å²) in [6.07, 6.45) is 0. The van der Waals surface area contributed by atoms with Crippen molar-refractivity contribution in [1.29, 1.82) is 0 Å². The lowest BCUT2D eigenvalue weighted by Crippen LogP contribution is -2.00. The first-order valence-electron chi connectivity index (χ1n) is 13.4. The zero-order chi connectivity index (χ0) is 34.6. The summed E-state index contributed by atoms with van der Waals surface area (Å²) in [5.41, 5.74) is 6.41. The van der Waals surface area contributed by atoms with E-state index in [-0.39, 0.29) is 44.7 Å². The SMILES string of the molecule is Nc1cccc2c(N=Nc3ccc(N=Nc4cc5ccc(S(=O)(=O)O)cc5cc4S(=O)(=O)O)c4ccc(S(=O)(=O)O)cc34)c(O)ccc12. The Bertz CT molecular complexity index is 2730. The summed E-state index contributed by atoms with van der Waals surface area (Å²) >= 11 is 0. The van der Waals surface area contributed by atoms with Crippen molar-refractivity contribution < 1.29 is 44.0 Å². The number of hydrogen-bond acceptors (Lipinski definition) is 12. The molecule has 48 heavy (non-hydrogen) atoms. The van der Waals surface area contributed by atoms with E-state index in [2.05, 4.69) is 20.5 Å². The summed E-state index contributed by atoms with van der Waals surface area (Å²) in [5.74, 6) is -0.204. The van der Waals surface area contributed by atoms with Crippen LogP contribution in [0.3, 0.4) is 0 Å². The van der Waals surface area contributed by atoms with E-state index in [0.29, 0.717) is 21.8 Å². The van der Waals surface area contributed by atoms with Crippen molar-refractivity contribution in [2.45, 2.75) is 14.7 Å². The molecule has 0 bridgehead atoms. The molecule has 0 aromatic heterocycles. The maximum absolute atomic E-state index is 12.3. The molecule has 0 heterocycles. The maximum atomic E-state index is 12.3. The largest absolute Gasteiger partial charge is 0.506 e. The zero-order valence-electron chi connectivity index (χ0n) is 24.0. The van der Waals surface area contributed by atoms with Crippen molar-refractivity contribution in [2.75, 3.05) is 5.73 Å². The van der Waals surface area contributed by atoms with Gasteiger partial charge in [0.1, 0.15) is 22.0 Å². The van der Waals surface area contributed by atoms with Crippen LogP contribution in [-0.2, 0) is 30.4 Å². The Hall–Kier alpha value is -5.37. The molecule has 0 saturated carbocycles. The predicted octanol–water partition coefficient (Wildman–Crippen LogP) is 7.00. The number of nitrogen functional groups attached to an aromatic ring is 1. The second kappa shape index (κ2) is 11.7. The minimum atomic E-state index is -4.92. The third-order valence-electron chi connectivity index (χ3n) is 7.27. The molecule has 6 rings (SSSR count). The van der Waals surface area contributed by atoms with Gasteiger partial charge in [0.15, 0.2) is 0 Å². The summed E-state index contributed by atoms with van der Waals surface area (Å²) in [7, 11) is -14.2. The molecule has 0 spiro atoms. The van der Waals surface area contributed by atoms with Gasteiger partial charge in [-0.2, -0.15) is 25.3 Å². The molecule has 6 aromatic carbocycles. The van der Waals surface area contributed by atoms with Gasteiger partial charge in [0.05, 0.1) is 21.2 Å². The molecule has 0 radical (unpaired) electrons. The standard InChI is InChI=1S/C30H21N5O10S3/c31-24-3-1-2-22-20(24)8-11-28(36)30(22)35-33-26-10-9-25(21-7-6-19(15-23(21)26)47(40,41)42)32-34-27-13-16-4-5-18(46(37,38)39)12-17(16)14-29(27)48(43,44)45/h1-15,36H,31H2,(H,37,38,39)(H,40,41,42)(H,43,44,45). The normalized spacial score (nSPS) is 13.0. The number of phenols is 1. The van der Waals surface area contributed by atoms with Gasteiger partial charge in [-0.1, -0.05) is 24.3 Å². The summed E-state index contributed by atoms with van der Waals surface area (Å²) in [6, 6.07) is 20.0. The molecule has 0 fully saturated rings. The Labute approximate surface area is 272 Å². The molecule has 0 aliphatic heterocycles. The molecule has 244 valence electrons. The number of nitrogens with two attached hydrogens (primary N) is 1. The molecular formula is C30H21N5O10S3. The Morgan fingerprint density at radius 3 is 1.79 bits per heavy atom. The van der Waals surface area contributed by atoms with Crippen LogP contribution in [0.1, 0.15) is 0 Å². The molecular weight excluding hydrogens is 687 g/mol. The smallest absolute Gasteiger partial charge is 0.296 e. The van der Waals surface area contributed by atoms with Crippen molar-refractivity contribution in [2.24, 2.45) is 20.5 Å². The van der Waals surface area contributed by atoms with Crippen LogP contribution in [-0.4, -0.2) is 44.0 Å². The highest BCUT2D eigenvalue weighted by Crippen LogP contribution is 2.41. The van der Waals surface area contributed by atoms with E-state index in [1.165, 1.54) is 36.4 Å². The first kappa shape index (κ1) is 32.6. The van der Waals surface area contributed by atoms with E-state index in [1.807, 2.05) is 0 Å². The molecule has 6 aromatic rings. The van der Waals surface area contributed by atoms with Crippen molar-refractivity contribution in [1.82, 2.24) is 0 Å². The van der Waals surface area contributed by atoms with E-state index < -0.39 is 45.0 Å². The third kappa shape index (κ3) is 6.30. The molecule has 0 amide bonds. The average molecular weight is 708 g/mol. The number of phenolic OH excluding ortho intramolecular Hbond substituents is 1. The van der Waals surface area contributed by atoms with E-state index in [9.17, 15) is 44.0 Å². The van der Waals surface area contributed by atoms with E-state index in [1.54, 1.807) is 24.3 Å². The summed E-state index contributed by atoms with van der Waals surface area (Å²) in [5, 5.41) is 28.9. The number of rotatable bonds is 7. The van der Waals surface area contributed by atoms with Crippen molar-refractivity contribution in [3.05, 3.63) is 91.0 Å². The lowest BCUT2D eigenvalue weighted by molar-refractivity contribution is 0.477. The van der Waals surface area contributed by atoms with Crippen LogP contribution in [0.25, 0.3) is 32.3 Å². The average Bonchev–Trinajstić information content (AvgIpc) is 3.01. The van der Waals surface area contributed by atoms with Gasteiger partial charge >= 0.3 is 0 Å². The maximum Gasteiger partial charge on any atom is 0.296 e. The van der Waals surface area contributed by atoms with Crippen LogP contribution in [0.4, 0.5) is 28.4 Å². The predicted molar refractivity (Wildman–Crippen MR) is 176 cm³/mol. The number of benzene rings is 6. The van der Waals surface area contributed by atoms with Crippen LogP contribution in [0.15, 0.2) is 126 Å². The van der Waals surface area contributed by atoms with Crippen molar-refractivity contribution in [3.8, 4) is 5.75 Å². The van der Waals surface area contributed by atoms with Crippen LogP contribution in [0.2, 0.25) is 0 Å². The Kier molecular flexibility index (Phi) is 7.94. The van der Waals surface area contributed by atoms with E-state index in [4.69, 9.17) is 5.73 Å². The summed E-state index contributed by atoms with van der Waals surface area (Å²) in [4.78, 5) is -1.70. The fraction of sp³-hybridized carbons (Fsp3) is 0. The Balaban J connectivity index is 1.50. The van der Waals surface area contributed by atoms with Gasteiger partial charge in [0.2, 0.25) is 0 Å². The third-order valence-corrected chi connectivity index (χ3v) is 9.86. The van der Waals surface area contributed by atoms with Gasteiger partial charge in [-0.25, -0.2) is 0 Å². The van der Waals surface area contributed by atoms with Gasteiger partial charge in [-0.15, -0.1) is 20.5 Å². The Morgan fingerprint density at radius 2 is 1.10 bits per heavy atom. The van der Waals surface area contributed by atoms with Crippen molar-refractivity contribution in [3.63, 3.8) is 0 Å².